The Balaban J connectivity index is 1.57. The Morgan fingerprint density at radius 1 is 1.26 bits per heavy atom. The van der Waals surface area contributed by atoms with Crippen molar-refractivity contribution in [3.8, 4) is 5.88 Å². The summed E-state index contributed by atoms with van der Waals surface area (Å²) in [5.41, 5.74) is 0.987. The summed E-state index contributed by atoms with van der Waals surface area (Å²) >= 11 is 1.83. The molecule has 7 nitrogen and oxygen atoms in total. The van der Waals surface area contributed by atoms with Crippen molar-refractivity contribution < 1.29 is 9.47 Å². The summed E-state index contributed by atoms with van der Waals surface area (Å²) in [4.78, 5) is 12.8. The molecule has 3 heterocycles. The number of aliphatic imine (C=N–C) groups is 1. The Hall–Kier alpha value is -2.16. The maximum Gasteiger partial charge on any atom is 0.218 e. The predicted octanol–water partition coefficient (Wildman–Crippen LogP) is 3.31. The second kappa shape index (κ2) is 12.6. The Kier molecular flexibility index (Phi) is 9.58. The van der Waals surface area contributed by atoms with E-state index in [0.717, 1.165) is 37.1 Å². The van der Waals surface area contributed by atoms with Gasteiger partial charge in [0.05, 0.1) is 12.6 Å². The first-order valence-corrected chi connectivity index (χ1v) is 11.9. The van der Waals surface area contributed by atoms with Gasteiger partial charge in [0, 0.05) is 43.9 Å². The summed E-state index contributed by atoms with van der Waals surface area (Å²) in [6.07, 6.45) is 4.27. The molecule has 0 spiro atoms. The fraction of sp³-hybridized carbons (Fsp3) is 0.565. The van der Waals surface area contributed by atoms with E-state index in [1.807, 2.05) is 23.5 Å². The molecular weight excluding hydrogens is 410 g/mol. The highest BCUT2D eigenvalue weighted by Gasteiger charge is 2.25. The number of rotatable bonds is 10. The number of guanidine groups is 1. The van der Waals surface area contributed by atoms with Crippen molar-refractivity contribution in [2.75, 3.05) is 47.0 Å². The van der Waals surface area contributed by atoms with Gasteiger partial charge in [0.15, 0.2) is 5.96 Å². The maximum absolute atomic E-state index is 5.74. The van der Waals surface area contributed by atoms with E-state index in [1.165, 1.54) is 17.7 Å². The van der Waals surface area contributed by atoms with Crippen LogP contribution in [0.3, 0.4) is 0 Å². The molecule has 1 fully saturated rings. The first-order chi connectivity index (χ1) is 15.2. The van der Waals surface area contributed by atoms with Gasteiger partial charge >= 0.3 is 0 Å². The number of hydrogen-bond donors (Lipinski definition) is 2. The molecule has 1 unspecified atom stereocenters. The molecule has 0 aliphatic carbocycles. The van der Waals surface area contributed by atoms with Gasteiger partial charge in [-0.1, -0.05) is 19.1 Å². The second-order valence-electron chi connectivity index (χ2n) is 7.87. The average molecular weight is 446 g/mol. The topological polar surface area (TPSA) is 71.0 Å². The maximum atomic E-state index is 5.74. The first kappa shape index (κ1) is 23.5. The summed E-state index contributed by atoms with van der Waals surface area (Å²) in [5.74, 6) is 2.22. The quantitative estimate of drug-likeness (QED) is 0.332. The molecule has 0 bridgehead atoms. The summed E-state index contributed by atoms with van der Waals surface area (Å²) in [6, 6.07) is 8.67. The van der Waals surface area contributed by atoms with Crippen LogP contribution >= 0.6 is 11.3 Å². The molecule has 1 aliphatic rings. The molecule has 3 rings (SSSR count). The zero-order valence-corrected chi connectivity index (χ0v) is 19.7. The number of nitrogens with zero attached hydrogens (tertiary/aromatic N) is 3. The van der Waals surface area contributed by atoms with E-state index in [-0.39, 0.29) is 0 Å². The molecule has 0 radical (unpaired) electrons. The molecule has 2 aromatic rings. The molecule has 1 aliphatic heterocycles. The fourth-order valence-electron chi connectivity index (χ4n) is 3.73. The second-order valence-corrected chi connectivity index (χ2v) is 8.84. The summed E-state index contributed by atoms with van der Waals surface area (Å²) in [7, 11) is 3.46. The molecule has 0 amide bonds. The standard InChI is InChI=1S/C23H35N5O2S/c1-18-8-11-28(12-9-18)20(21-7-5-15-31-21)17-27-23(24-2)26-16-19-6-4-10-25-22(19)30-14-13-29-3/h4-7,10,15,18,20H,8-9,11-14,16-17H2,1-3H3,(H2,24,26,27). The molecule has 0 saturated carbocycles. The van der Waals surface area contributed by atoms with Crippen molar-refractivity contribution in [3.63, 3.8) is 0 Å². The third-order valence-corrected chi connectivity index (χ3v) is 6.61. The van der Waals surface area contributed by atoms with Crippen LogP contribution in [-0.2, 0) is 11.3 Å². The van der Waals surface area contributed by atoms with Crippen molar-refractivity contribution >= 4 is 17.3 Å². The van der Waals surface area contributed by atoms with Crippen LogP contribution in [0.5, 0.6) is 5.88 Å². The zero-order valence-electron chi connectivity index (χ0n) is 18.8. The average Bonchev–Trinajstić information content (AvgIpc) is 3.33. The van der Waals surface area contributed by atoms with Gasteiger partial charge in [-0.25, -0.2) is 4.98 Å². The molecule has 8 heteroatoms. The van der Waals surface area contributed by atoms with Gasteiger partial charge in [-0.3, -0.25) is 9.89 Å². The third kappa shape index (κ3) is 7.19. The summed E-state index contributed by atoms with van der Waals surface area (Å²) in [6.45, 7) is 7.06. The number of pyridine rings is 1. The van der Waals surface area contributed by atoms with E-state index in [1.54, 1.807) is 20.4 Å². The largest absolute Gasteiger partial charge is 0.475 e. The number of nitrogens with one attached hydrogen (secondary N) is 2. The van der Waals surface area contributed by atoms with Gasteiger partial charge in [-0.05, 0) is 49.4 Å². The van der Waals surface area contributed by atoms with Crippen molar-refractivity contribution in [2.45, 2.75) is 32.4 Å². The number of methoxy groups -OCH3 is 1. The van der Waals surface area contributed by atoms with Crippen molar-refractivity contribution in [3.05, 3.63) is 46.3 Å². The lowest BCUT2D eigenvalue weighted by molar-refractivity contribution is 0.140. The molecule has 2 aromatic heterocycles. The minimum absolute atomic E-state index is 0.359. The number of thiophene rings is 1. The van der Waals surface area contributed by atoms with Crippen molar-refractivity contribution in [1.29, 1.82) is 0 Å². The Labute approximate surface area is 189 Å². The SMILES string of the molecule is CN=C(NCc1cccnc1OCCOC)NCC(c1cccs1)N1CCC(C)CC1. The van der Waals surface area contributed by atoms with Crippen LogP contribution in [0, 0.1) is 5.92 Å². The lowest BCUT2D eigenvalue weighted by Gasteiger charge is -2.36. The number of ether oxygens (including phenoxy) is 2. The molecular formula is C23H35N5O2S. The molecule has 0 aromatic carbocycles. The smallest absolute Gasteiger partial charge is 0.218 e. The first-order valence-electron chi connectivity index (χ1n) is 11.0. The highest BCUT2D eigenvalue weighted by molar-refractivity contribution is 7.10. The van der Waals surface area contributed by atoms with E-state index in [9.17, 15) is 0 Å². The minimum Gasteiger partial charge on any atom is -0.475 e. The number of likely N-dealkylation sites (tertiary alicyclic amines) is 1. The number of hydrogen-bond acceptors (Lipinski definition) is 6. The lowest BCUT2D eigenvalue weighted by atomic mass is 9.97. The minimum atomic E-state index is 0.359. The van der Waals surface area contributed by atoms with Gasteiger partial charge in [0.2, 0.25) is 5.88 Å². The molecule has 1 atom stereocenters. The van der Waals surface area contributed by atoms with Gasteiger partial charge < -0.3 is 20.1 Å². The summed E-state index contributed by atoms with van der Waals surface area (Å²) in [5, 5.41) is 9.09. The molecule has 1 saturated heterocycles. The van der Waals surface area contributed by atoms with Crippen LogP contribution in [0.4, 0.5) is 0 Å². The van der Waals surface area contributed by atoms with E-state index in [0.29, 0.717) is 31.7 Å². The number of aromatic nitrogens is 1. The van der Waals surface area contributed by atoms with E-state index in [4.69, 9.17) is 9.47 Å². The monoisotopic (exact) mass is 445 g/mol. The van der Waals surface area contributed by atoms with Gasteiger partial charge in [-0.15, -0.1) is 11.3 Å². The normalized spacial score (nSPS) is 16.8. The van der Waals surface area contributed by atoms with Crippen LogP contribution in [-0.4, -0.2) is 62.8 Å². The van der Waals surface area contributed by atoms with Crippen molar-refractivity contribution in [2.24, 2.45) is 10.9 Å². The lowest BCUT2D eigenvalue weighted by Crippen LogP contribution is -2.44. The molecule has 170 valence electrons. The van der Waals surface area contributed by atoms with Crippen LogP contribution in [0.15, 0.2) is 40.8 Å². The number of piperidine rings is 1. The van der Waals surface area contributed by atoms with E-state index < -0.39 is 0 Å². The van der Waals surface area contributed by atoms with Crippen LogP contribution in [0.2, 0.25) is 0 Å². The fourth-order valence-corrected chi connectivity index (χ4v) is 4.59. The predicted molar refractivity (Wildman–Crippen MR) is 127 cm³/mol. The Morgan fingerprint density at radius 2 is 2.10 bits per heavy atom. The third-order valence-electron chi connectivity index (χ3n) is 5.64. The van der Waals surface area contributed by atoms with E-state index in [2.05, 4.69) is 49.9 Å². The van der Waals surface area contributed by atoms with Gasteiger partial charge in [0.1, 0.15) is 6.61 Å². The Bertz CT molecular complexity index is 791. The Morgan fingerprint density at radius 3 is 2.81 bits per heavy atom. The van der Waals surface area contributed by atoms with Crippen LogP contribution in [0.25, 0.3) is 0 Å². The van der Waals surface area contributed by atoms with Crippen LogP contribution in [0.1, 0.15) is 36.2 Å². The van der Waals surface area contributed by atoms with Gasteiger partial charge in [0.25, 0.3) is 0 Å². The molecule has 31 heavy (non-hydrogen) atoms. The van der Waals surface area contributed by atoms with Crippen molar-refractivity contribution in [1.82, 2.24) is 20.5 Å². The van der Waals surface area contributed by atoms with Crippen LogP contribution < -0.4 is 15.4 Å². The molecule has 2 N–H and O–H groups in total. The van der Waals surface area contributed by atoms with E-state index >= 15 is 0 Å². The highest BCUT2D eigenvalue weighted by Crippen LogP contribution is 2.29. The summed E-state index contributed by atoms with van der Waals surface area (Å²) < 4.78 is 10.8. The van der Waals surface area contributed by atoms with Gasteiger partial charge in [-0.2, -0.15) is 0 Å². The highest BCUT2D eigenvalue weighted by atomic mass is 32.1. The zero-order chi connectivity index (χ0) is 21.9.